The Hall–Kier alpha value is -2.02. The Kier molecular flexibility index (Phi) is 4.78. The van der Waals surface area contributed by atoms with Crippen molar-refractivity contribution in [2.45, 2.75) is 31.6 Å². The highest BCUT2D eigenvalue weighted by molar-refractivity contribution is 6.31. The molecule has 0 radical (unpaired) electrons. The molecule has 2 aliphatic heterocycles. The molecule has 1 aromatic heterocycles. The number of ether oxygens (including phenoxy) is 3. The summed E-state index contributed by atoms with van der Waals surface area (Å²) in [5.41, 5.74) is 0.913. The molecular formula is C21H23ClN2O4. The maximum atomic E-state index is 10.7. The number of benzene rings is 1. The first kappa shape index (κ1) is 18.0. The monoisotopic (exact) mass is 402 g/mol. The fraction of sp³-hybridized carbons (Fsp3) is 0.476. The van der Waals surface area contributed by atoms with Gasteiger partial charge in [-0.3, -0.25) is 9.88 Å². The Bertz CT molecular complexity index is 864. The van der Waals surface area contributed by atoms with Crippen molar-refractivity contribution in [1.29, 1.82) is 0 Å². The molecule has 148 valence electrons. The van der Waals surface area contributed by atoms with Crippen molar-refractivity contribution in [2.75, 3.05) is 19.9 Å². The Balaban J connectivity index is 1.23. The molecule has 0 bridgehead atoms. The van der Waals surface area contributed by atoms with Gasteiger partial charge in [0.15, 0.2) is 11.5 Å². The van der Waals surface area contributed by atoms with Gasteiger partial charge in [0.1, 0.15) is 11.9 Å². The van der Waals surface area contributed by atoms with E-state index in [1.54, 1.807) is 6.20 Å². The van der Waals surface area contributed by atoms with E-state index in [-0.39, 0.29) is 12.9 Å². The quantitative estimate of drug-likeness (QED) is 0.847. The molecule has 2 fully saturated rings. The molecule has 0 spiro atoms. The fourth-order valence-corrected chi connectivity index (χ4v) is 4.80. The lowest BCUT2D eigenvalue weighted by Gasteiger charge is -2.35. The van der Waals surface area contributed by atoms with E-state index >= 15 is 0 Å². The highest BCUT2D eigenvalue weighted by Crippen LogP contribution is 2.40. The summed E-state index contributed by atoms with van der Waals surface area (Å²) in [6, 6.07) is 9.29. The summed E-state index contributed by atoms with van der Waals surface area (Å²) in [7, 11) is 0. The van der Waals surface area contributed by atoms with Gasteiger partial charge < -0.3 is 19.3 Å². The van der Waals surface area contributed by atoms with Crippen LogP contribution in [0, 0.1) is 11.8 Å². The van der Waals surface area contributed by atoms with Gasteiger partial charge in [-0.15, -0.1) is 0 Å². The van der Waals surface area contributed by atoms with Crippen molar-refractivity contribution in [3.8, 4) is 17.2 Å². The third kappa shape index (κ3) is 3.52. The predicted octanol–water partition coefficient (Wildman–Crippen LogP) is 3.11. The molecule has 1 saturated carbocycles. The topological polar surface area (TPSA) is 64.1 Å². The highest BCUT2D eigenvalue weighted by Gasteiger charge is 2.42. The molecule has 0 unspecified atom stereocenters. The number of aliphatic hydroxyl groups is 1. The van der Waals surface area contributed by atoms with E-state index in [0.29, 0.717) is 28.4 Å². The van der Waals surface area contributed by atoms with E-state index in [1.165, 1.54) is 0 Å². The molecule has 4 atom stereocenters. The normalized spacial score (nSPS) is 28.9. The van der Waals surface area contributed by atoms with Crippen LogP contribution >= 0.6 is 11.6 Å². The predicted molar refractivity (Wildman–Crippen MR) is 104 cm³/mol. The number of hydrogen-bond acceptors (Lipinski definition) is 6. The summed E-state index contributed by atoms with van der Waals surface area (Å²) in [6.45, 7) is 2.93. The molecule has 0 amide bonds. The SMILES string of the molecule is O[C@@H]1C[C@H]2CN(Cc3ncccc3Cl)C[C@H]2C[C@H]1Oc1ccc2c(c1)OCO2. The van der Waals surface area contributed by atoms with Gasteiger partial charge in [-0.05, 0) is 48.9 Å². The van der Waals surface area contributed by atoms with Crippen LogP contribution in [-0.4, -0.2) is 47.1 Å². The zero-order chi connectivity index (χ0) is 19.1. The average molecular weight is 403 g/mol. The molecule has 1 saturated heterocycles. The van der Waals surface area contributed by atoms with Crippen molar-refractivity contribution in [1.82, 2.24) is 9.88 Å². The first-order valence-corrected chi connectivity index (χ1v) is 10.1. The van der Waals surface area contributed by atoms with E-state index in [0.717, 1.165) is 43.9 Å². The van der Waals surface area contributed by atoms with Crippen LogP contribution in [0.15, 0.2) is 36.5 Å². The molecule has 7 heteroatoms. The number of rotatable bonds is 4. The second kappa shape index (κ2) is 7.43. The Morgan fingerprint density at radius 3 is 2.82 bits per heavy atom. The molecule has 1 aromatic carbocycles. The number of halogens is 1. The minimum absolute atomic E-state index is 0.208. The van der Waals surface area contributed by atoms with Gasteiger partial charge in [0.05, 0.1) is 16.8 Å². The lowest BCUT2D eigenvalue weighted by molar-refractivity contribution is -0.0232. The smallest absolute Gasteiger partial charge is 0.231 e. The third-order valence-corrected chi connectivity index (χ3v) is 6.34. The molecule has 6 nitrogen and oxygen atoms in total. The Morgan fingerprint density at radius 2 is 1.96 bits per heavy atom. The van der Waals surface area contributed by atoms with Crippen LogP contribution in [0.3, 0.4) is 0 Å². The van der Waals surface area contributed by atoms with Gasteiger partial charge in [-0.2, -0.15) is 0 Å². The molecule has 3 heterocycles. The standard InChI is InChI=1S/C21H23ClN2O4/c22-16-2-1-5-23-17(16)11-24-9-13-6-18(25)20(7-14(13)10-24)28-15-3-4-19-21(8-15)27-12-26-19/h1-5,8,13-14,18,20,25H,6-7,9-12H2/t13-,14+,18+,20+/m0/s1. The van der Waals surface area contributed by atoms with E-state index < -0.39 is 6.10 Å². The van der Waals surface area contributed by atoms with Crippen LogP contribution in [0.25, 0.3) is 0 Å². The molecule has 2 aromatic rings. The summed E-state index contributed by atoms with van der Waals surface area (Å²) in [6.07, 6.45) is 2.70. The van der Waals surface area contributed by atoms with Gasteiger partial charge >= 0.3 is 0 Å². The van der Waals surface area contributed by atoms with Gasteiger partial charge in [0, 0.05) is 31.9 Å². The fourth-order valence-electron chi connectivity index (χ4n) is 4.61. The number of pyridine rings is 1. The van der Waals surface area contributed by atoms with Crippen LogP contribution in [0.1, 0.15) is 18.5 Å². The van der Waals surface area contributed by atoms with Crippen LogP contribution in [-0.2, 0) is 6.54 Å². The van der Waals surface area contributed by atoms with Crippen LogP contribution in [0.2, 0.25) is 5.02 Å². The summed E-state index contributed by atoms with van der Waals surface area (Å²) < 4.78 is 16.9. The second-order valence-corrected chi connectivity index (χ2v) is 8.26. The van der Waals surface area contributed by atoms with Crippen molar-refractivity contribution in [3.05, 3.63) is 47.2 Å². The van der Waals surface area contributed by atoms with E-state index in [4.69, 9.17) is 25.8 Å². The van der Waals surface area contributed by atoms with Crippen molar-refractivity contribution in [3.63, 3.8) is 0 Å². The molecule has 1 aliphatic carbocycles. The minimum Gasteiger partial charge on any atom is -0.488 e. The molecular weight excluding hydrogens is 380 g/mol. The van der Waals surface area contributed by atoms with Crippen LogP contribution in [0.4, 0.5) is 0 Å². The average Bonchev–Trinajstić information content (AvgIpc) is 3.29. The minimum atomic E-state index is -0.468. The van der Waals surface area contributed by atoms with Gasteiger partial charge in [-0.25, -0.2) is 0 Å². The number of hydrogen-bond donors (Lipinski definition) is 1. The first-order chi connectivity index (χ1) is 13.7. The highest BCUT2D eigenvalue weighted by atomic mass is 35.5. The zero-order valence-corrected chi connectivity index (χ0v) is 16.2. The van der Waals surface area contributed by atoms with Gasteiger partial charge in [0.2, 0.25) is 6.79 Å². The molecule has 5 rings (SSSR count). The number of likely N-dealkylation sites (tertiary alicyclic amines) is 1. The van der Waals surface area contributed by atoms with Crippen LogP contribution in [0.5, 0.6) is 17.2 Å². The zero-order valence-electron chi connectivity index (χ0n) is 15.5. The third-order valence-electron chi connectivity index (χ3n) is 6.00. The van der Waals surface area contributed by atoms with Crippen LogP contribution < -0.4 is 14.2 Å². The van der Waals surface area contributed by atoms with E-state index in [9.17, 15) is 5.11 Å². The summed E-state index contributed by atoms with van der Waals surface area (Å²) in [5.74, 6) is 3.12. The Morgan fingerprint density at radius 1 is 1.14 bits per heavy atom. The number of aliphatic hydroxyl groups excluding tert-OH is 1. The molecule has 28 heavy (non-hydrogen) atoms. The van der Waals surface area contributed by atoms with E-state index in [2.05, 4.69) is 9.88 Å². The maximum absolute atomic E-state index is 10.7. The maximum Gasteiger partial charge on any atom is 0.231 e. The van der Waals surface area contributed by atoms with Crippen molar-refractivity contribution in [2.24, 2.45) is 11.8 Å². The van der Waals surface area contributed by atoms with E-state index in [1.807, 2.05) is 30.3 Å². The lowest BCUT2D eigenvalue weighted by atomic mass is 9.78. The number of aromatic nitrogens is 1. The number of fused-ring (bicyclic) bond motifs is 2. The summed E-state index contributed by atoms with van der Waals surface area (Å²) >= 11 is 6.26. The van der Waals surface area contributed by atoms with Crippen molar-refractivity contribution < 1.29 is 19.3 Å². The summed E-state index contributed by atoms with van der Waals surface area (Å²) in [4.78, 5) is 6.79. The largest absolute Gasteiger partial charge is 0.488 e. The Labute approximate surface area is 169 Å². The number of nitrogens with zero attached hydrogens (tertiary/aromatic N) is 2. The van der Waals surface area contributed by atoms with Gasteiger partial charge in [-0.1, -0.05) is 11.6 Å². The lowest BCUT2D eigenvalue weighted by Crippen LogP contribution is -2.42. The van der Waals surface area contributed by atoms with Gasteiger partial charge in [0.25, 0.3) is 0 Å². The molecule has 3 aliphatic rings. The summed E-state index contributed by atoms with van der Waals surface area (Å²) in [5, 5.41) is 11.4. The first-order valence-electron chi connectivity index (χ1n) is 9.72. The van der Waals surface area contributed by atoms with Crippen molar-refractivity contribution >= 4 is 11.6 Å². The molecule has 1 N–H and O–H groups in total. The second-order valence-electron chi connectivity index (χ2n) is 7.86.